The van der Waals surface area contributed by atoms with E-state index in [1.54, 1.807) is 4.90 Å². The highest BCUT2D eigenvalue weighted by Gasteiger charge is 2.27. The smallest absolute Gasteiger partial charge is 0.387 e. The van der Waals surface area contributed by atoms with Gasteiger partial charge in [0, 0.05) is 37.7 Å². The van der Waals surface area contributed by atoms with Crippen LogP contribution in [0, 0.1) is 0 Å². The van der Waals surface area contributed by atoms with Crippen molar-refractivity contribution in [2.75, 3.05) is 19.6 Å². The zero-order valence-electron chi connectivity index (χ0n) is 13.9. The van der Waals surface area contributed by atoms with Crippen molar-refractivity contribution < 1.29 is 23.1 Å². The van der Waals surface area contributed by atoms with E-state index >= 15 is 0 Å². The molecule has 2 amide bonds. The van der Waals surface area contributed by atoms with Gasteiger partial charge in [0.05, 0.1) is 0 Å². The van der Waals surface area contributed by atoms with E-state index in [1.807, 2.05) is 0 Å². The van der Waals surface area contributed by atoms with Gasteiger partial charge in [0.25, 0.3) is 5.91 Å². The highest BCUT2D eigenvalue weighted by Crippen LogP contribution is 2.21. The van der Waals surface area contributed by atoms with Crippen molar-refractivity contribution in [3.05, 3.63) is 29.8 Å². The lowest BCUT2D eigenvalue weighted by Gasteiger charge is -2.36. The van der Waals surface area contributed by atoms with Gasteiger partial charge in [-0.25, -0.2) is 0 Å². The van der Waals surface area contributed by atoms with Crippen molar-refractivity contribution in [2.45, 2.75) is 38.3 Å². The van der Waals surface area contributed by atoms with Gasteiger partial charge < -0.3 is 20.7 Å². The van der Waals surface area contributed by atoms with Crippen LogP contribution in [0.25, 0.3) is 0 Å². The van der Waals surface area contributed by atoms with Crippen molar-refractivity contribution in [1.82, 2.24) is 10.2 Å². The summed E-state index contributed by atoms with van der Waals surface area (Å²) in [4.78, 5) is 26.0. The number of nitrogens with two attached hydrogens (primary N) is 1. The molecule has 1 aromatic carbocycles. The molecule has 6 nitrogen and oxygen atoms in total. The van der Waals surface area contributed by atoms with E-state index in [4.69, 9.17) is 5.73 Å². The standard InChI is InChI=1S/C17H23F2N3O3/c18-17(19)25-14-6-4-12(5-7-14)16(24)22-10-2-1-3-13(22)11-21-15(23)8-9-20/h4-7,13,17H,1-3,8-11,20H2,(H,21,23). The number of rotatable bonds is 7. The molecule has 0 aliphatic carbocycles. The molecule has 1 aliphatic rings. The van der Waals surface area contributed by atoms with E-state index < -0.39 is 6.61 Å². The van der Waals surface area contributed by atoms with Gasteiger partial charge in [0.1, 0.15) is 5.75 Å². The molecule has 25 heavy (non-hydrogen) atoms. The molecule has 0 bridgehead atoms. The molecule has 138 valence electrons. The van der Waals surface area contributed by atoms with Crippen LogP contribution in [0.4, 0.5) is 8.78 Å². The minimum Gasteiger partial charge on any atom is -0.435 e. The molecule has 0 saturated carbocycles. The molecule has 1 saturated heterocycles. The van der Waals surface area contributed by atoms with Gasteiger partial charge >= 0.3 is 6.61 Å². The van der Waals surface area contributed by atoms with E-state index in [0.29, 0.717) is 18.7 Å². The summed E-state index contributed by atoms with van der Waals surface area (Å²) in [6.45, 7) is -1.63. The van der Waals surface area contributed by atoms with Crippen LogP contribution in [0.2, 0.25) is 0 Å². The predicted octanol–water partition coefficient (Wildman–Crippen LogP) is 1.75. The van der Waals surface area contributed by atoms with Gasteiger partial charge in [-0.1, -0.05) is 0 Å². The predicted molar refractivity (Wildman–Crippen MR) is 88.4 cm³/mol. The van der Waals surface area contributed by atoms with E-state index in [-0.39, 0.29) is 36.6 Å². The van der Waals surface area contributed by atoms with Crippen molar-refractivity contribution in [3.63, 3.8) is 0 Å². The fourth-order valence-corrected chi connectivity index (χ4v) is 2.88. The van der Waals surface area contributed by atoms with Gasteiger partial charge in [-0.15, -0.1) is 0 Å². The Kier molecular flexibility index (Phi) is 7.12. The zero-order valence-corrected chi connectivity index (χ0v) is 13.9. The van der Waals surface area contributed by atoms with Crippen molar-refractivity contribution >= 4 is 11.8 Å². The molecular weight excluding hydrogens is 332 g/mol. The van der Waals surface area contributed by atoms with Crippen LogP contribution in [-0.2, 0) is 4.79 Å². The number of hydrogen-bond donors (Lipinski definition) is 2. The third-order valence-electron chi connectivity index (χ3n) is 4.12. The molecule has 1 heterocycles. The molecule has 1 unspecified atom stereocenters. The fourth-order valence-electron chi connectivity index (χ4n) is 2.88. The largest absolute Gasteiger partial charge is 0.435 e. The van der Waals surface area contributed by atoms with Crippen molar-refractivity contribution in [1.29, 1.82) is 0 Å². The van der Waals surface area contributed by atoms with Gasteiger partial charge in [0.2, 0.25) is 5.91 Å². The Labute approximate surface area is 145 Å². The maximum absolute atomic E-state index is 12.7. The zero-order chi connectivity index (χ0) is 18.2. The van der Waals surface area contributed by atoms with Gasteiger partial charge in [-0.05, 0) is 43.5 Å². The topological polar surface area (TPSA) is 84.7 Å². The summed E-state index contributed by atoms with van der Waals surface area (Å²) in [5.41, 5.74) is 5.75. The molecule has 8 heteroatoms. The average Bonchev–Trinajstić information content (AvgIpc) is 2.60. The second-order valence-electron chi connectivity index (χ2n) is 5.89. The normalized spacial score (nSPS) is 17.4. The van der Waals surface area contributed by atoms with Gasteiger partial charge in [-0.3, -0.25) is 9.59 Å². The Hall–Kier alpha value is -2.22. The van der Waals surface area contributed by atoms with Crippen molar-refractivity contribution in [2.24, 2.45) is 5.73 Å². The number of piperidine rings is 1. The SMILES string of the molecule is NCCC(=O)NCC1CCCCN1C(=O)c1ccc(OC(F)F)cc1. The summed E-state index contributed by atoms with van der Waals surface area (Å²) in [7, 11) is 0. The summed E-state index contributed by atoms with van der Waals surface area (Å²) >= 11 is 0. The maximum atomic E-state index is 12.7. The lowest BCUT2D eigenvalue weighted by molar-refractivity contribution is -0.121. The highest BCUT2D eigenvalue weighted by molar-refractivity contribution is 5.94. The Morgan fingerprint density at radius 1 is 1.28 bits per heavy atom. The van der Waals surface area contributed by atoms with Crippen LogP contribution in [0.3, 0.4) is 0 Å². The Balaban J connectivity index is 2.00. The number of ether oxygens (including phenoxy) is 1. The number of alkyl halides is 2. The van der Waals surface area contributed by atoms with Crippen LogP contribution in [0.5, 0.6) is 5.75 Å². The molecule has 2 rings (SSSR count). The number of nitrogens with one attached hydrogen (secondary N) is 1. The quantitative estimate of drug-likeness (QED) is 0.780. The average molecular weight is 355 g/mol. The lowest BCUT2D eigenvalue weighted by atomic mass is 10.0. The number of halogens is 2. The molecule has 0 radical (unpaired) electrons. The Morgan fingerprint density at radius 2 is 2.00 bits per heavy atom. The summed E-state index contributed by atoms with van der Waals surface area (Å²) in [6, 6.07) is 5.56. The first-order valence-electron chi connectivity index (χ1n) is 8.34. The number of likely N-dealkylation sites (tertiary alicyclic amines) is 1. The highest BCUT2D eigenvalue weighted by atomic mass is 19.3. The van der Waals surface area contributed by atoms with Crippen LogP contribution < -0.4 is 15.8 Å². The summed E-state index contributed by atoms with van der Waals surface area (Å²) < 4.78 is 28.7. The molecule has 0 spiro atoms. The number of hydrogen-bond acceptors (Lipinski definition) is 4. The van der Waals surface area contributed by atoms with E-state index in [2.05, 4.69) is 10.1 Å². The van der Waals surface area contributed by atoms with Gasteiger partial charge in [-0.2, -0.15) is 8.78 Å². The van der Waals surface area contributed by atoms with Crippen LogP contribution in [0.1, 0.15) is 36.0 Å². The first-order chi connectivity index (χ1) is 12.0. The van der Waals surface area contributed by atoms with Crippen LogP contribution in [0.15, 0.2) is 24.3 Å². The molecule has 1 aromatic rings. The Bertz CT molecular complexity index is 581. The summed E-state index contributed by atoms with van der Waals surface area (Å²) in [5.74, 6) is -0.300. The maximum Gasteiger partial charge on any atom is 0.387 e. The third-order valence-corrected chi connectivity index (χ3v) is 4.12. The summed E-state index contributed by atoms with van der Waals surface area (Å²) in [5, 5.41) is 2.80. The number of carbonyl (C=O) groups is 2. The first-order valence-corrected chi connectivity index (χ1v) is 8.34. The van der Waals surface area contributed by atoms with Crippen molar-refractivity contribution in [3.8, 4) is 5.75 Å². The number of carbonyl (C=O) groups excluding carboxylic acids is 2. The molecular formula is C17H23F2N3O3. The second kappa shape index (κ2) is 9.31. The molecule has 1 atom stereocenters. The van der Waals surface area contributed by atoms with Gasteiger partial charge in [0.15, 0.2) is 0 Å². The molecule has 3 N–H and O–H groups in total. The van der Waals surface area contributed by atoms with E-state index in [0.717, 1.165) is 19.3 Å². The number of nitrogens with zero attached hydrogens (tertiary/aromatic N) is 1. The lowest BCUT2D eigenvalue weighted by Crippen LogP contribution is -2.49. The number of benzene rings is 1. The fraction of sp³-hybridized carbons (Fsp3) is 0.529. The third kappa shape index (κ3) is 5.67. The van der Waals surface area contributed by atoms with Crippen LogP contribution in [-0.4, -0.2) is 49.0 Å². The van der Waals surface area contributed by atoms with Crippen LogP contribution >= 0.6 is 0 Å². The summed E-state index contributed by atoms with van der Waals surface area (Å²) in [6.07, 6.45) is 2.95. The van der Waals surface area contributed by atoms with E-state index in [1.165, 1.54) is 24.3 Å². The molecule has 0 aromatic heterocycles. The minimum absolute atomic E-state index is 0.00999. The minimum atomic E-state index is -2.90. The first kappa shape index (κ1) is 19.1. The molecule has 1 fully saturated rings. The second-order valence-corrected chi connectivity index (χ2v) is 5.89. The number of amides is 2. The molecule has 1 aliphatic heterocycles. The Morgan fingerprint density at radius 3 is 2.64 bits per heavy atom. The van der Waals surface area contributed by atoms with E-state index in [9.17, 15) is 18.4 Å². The monoisotopic (exact) mass is 355 g/mol.